The molecule has 0 atom stereocenters. The van der Waals surface area contributed by atoms with Crippen LogP contribution in [-0.2, 0) is 34.1 Å². The normalized spacial score (nSPS) is 13.9. The van der Waals surface area contributed by atoms with Crippen LogP contribution in [0.25, 0.3) is 0 Å². The zero-order chi connectivity index (χ0) is 19.4. The maximum absolute atomic E-state index is 12.7. The maximum Gasteiger partial charge on any atom is 0.261 e. The molecular formula is C21H26N2O3S. The molecule has 144 valence electrons. The van der Waals surface area contributed by atoms with Crippen LogP contribution in [0.15, 0.2) is 47.4 Å². The highest BCUT2D eigenvalue weighted by Crippen LogP contribution is 2.25. The summed E-state index contributed by atoms with van der Waals surface area (Å²) in [6.07, 6.45) is 4.51. The quantitative estimate of drug-likeness (QED) is 0.799. The van der Waals surface area contributed by atoms with E-state index in [1.165, 1.54) is 12.0 Å². The Labute approximate surface area is 161 Å². The minimum Gasteiger partial charge on any atom is -0.354 e. The SMILES string of the molecule is CC(C)NC(=O)Cc1ccc(NS(=O)(=O)c2ccc3c(c2)CCCC3)cc1. The summed E-state index contributed by atoms with van der Waals surface area (Å²) in [6.45, 7) is 3.83. The van der Waals surface area contributed by atoms with Crippen molar-refractivity contribution < 1.29 is 13.2 Å². The lowest BCUT2D eigenvalue weighted by Crippen LogP contribution is -2.31. The average Bonchev–Trinajstić information content (AvgIpc) is 2.62. The van der Waals surface area contributed by atoms with Crippen molar-refractivity contribution in [3.63, 3.8) is 0 Å². The molecule has 0 saturated heterocycles. The number of amides is 1. The zero-order valence-electron chi connectivity index (χ0n) is 15.8. The number of hydrogen-bond donors (Lipinski definition) is 2. The van der Waals surface area contributed by atoms with E-state index in [2.05, 4.69) is 10.0 Å². The van der Waals surface area contributed by atoms with Gasteiger partial charge in [-0.05, 0) is 80.5 Å². The van der Waals surface area contributed by atoms with Gasteiger partial charge in [-0.3, -0.25) is 9.52 Å². The fraction of sp³-hybridized carbons (Fsp3) is 0.381. The van der Waals surface area contributed by atoms with Crippen LogP contribution in [0, 0.1) is 0 Å². The Bertz CT molecular complexity index is 919. The molecule has 1 aliphatic rings. The van der Waals surface area contributed by atoms with Crippen molar-refractivity contribution in [2.45, 2.75) is 56.9 Å². The Hall–Kier alpha value is -2.34. The zero-order valence-corrected chi connectivity index (χ0v) is 16.6. The van der Waals surface area contributed by atoms with Crippen molar-refractivity contribution in [2.75, 3.05) is 4.72 Å². The molecule has 1 amide bonds. The van der Waals surface area contributed by atoms with Gasteiger partial charge in [0.25, 0.3) is 10.0 Å². The molecule has 0 spiro atoms. The molecule has 5 nitrogen and oxygen atoms in total. The van der Waals surface area contributed by atoms with Gasteiger partial charge < -0.3 is 5.32 Å². The summed E-state index contributed by atoms with van der Waals surface area (Å²) in [5.74, 6) is -0.0487. The fourth-order valence-electron chi connectivity index (χ4n) is 3.34. The highest BCUT2D eigenvalue weighted by atomic mass is 32.2. The minimum absolute atomic E-state index is 0.0487. The Balaban J connectivity index is 1.70. The number of carbonyl (C=O) groups is 1. The van der Waals surface area contributed by atoms with Crippen LogP contribution in [0.2, 0.25) is 0 Å². The van der Waals surface area contributed by atoms with E-state index in [-0.39, 0.29) is 18.4 Å². The molecule has 0 radical (unpaired) electrons. The lowest BCUT2D eigenvalue weighted by Gasteiger charge is -2.17. The molecule has 0 aromatic heterocycles. The van der Waals surface area contributed by atoms with Gasteiger partial charge in [0.15, 0.2) is 0 Å². The van der Waals surface area contributed by atoms with E-state index in [1.807, 2.05) is 19.9 Å². The maximum atomic E-state index is 12.7. The Morgan fingerprint density at radius 2 is 1.67 bits per heavy atom. The van der Waals surface area contributed by atoms with Gasteiger partial charge in [0.05, 0.1) is 11.3 Å². The van der Waals surface area contributed by atoms with Crippen molar-refractivity contribution in [1.82, 2.24) is 5.32 Å². The summed E-state index contributed by atoms with van der Waals surface area (Å²) in [6, 6.07) is 12.4. The van der Waals surface area contributed by atoms with E-state index < -0.39 is 10.0 Å². The molecule has 3 rings (SSSR count). The van der Waals surface area contributed by atoms with Gasteiger partial charge in [-0.15, -0.1) is 0 Å². The van der Waals surface area contributed by atoms with E-state index in [0.717, 1.165) is 30.4 Å². The van der Waals surface area contributed by atoms with Gasteiger partial charge in [-0.25, -0.2) is 8.42 Å². The van der Waals surface area contributed by atoms with Crippen LogP contribution < -0.4 is 10.0 Å². The molecule has 27 heavy (non-hydrogen) atoms. The third-order valence-electron chi connectivity index (χ3n) is 4.65. The van der Waals surface area contributed by atoms with Crippen LogP contribution >= 0.6 is 0 Å². The summed E-state index contributed by atoms with van der Waals surface area (Å²) in [7, 11) is -3.63. The number of nitrogens with one attached hydrogen (secondary N) is 2. The Morgan fingerprint density at radius 3 is 2.33 bits per heavy atom. The van der Waals surface area contributed by atoms with Crippen molar-refractivity contribution in [2.24, 2.45) is 0 Å². The standard InChI is InChI=1S/C21H26N2O3S/c1-15(2)22-21(24)13-16-7-10-19(11-8-16)23-27(25,26)20-12-9-17-5-3-4-6-18(17)14-20/h7-12,14-15,23H,3-6,13H2,1-2H3,(H,22,24). The van der Waals surface area contributed by atoms with Gasteiger partial charge >= 0.3 is 0 Å². The highest BCUT2D eigenvalue weighted by Gasteiger charge is 2.18. The second-order valence-corrected chi connectivity index (χ2v) is 9.02. The smallest absolute Gasteiger partial charge is 0.261 e. The molecule has 2 N–H and O–H groups in total. The van der Waals surface area contributed by atoms with E-state index in [0.29, 0.717) is 10.6 Å². The Kier molecular flexibility index (Phi) is 5.85. The lowest BCUT2D eigenvalue weighted by molar-refractivity contribution is -0.120. The molecule has 0 heterocycles. The Morgan fingerprint density at radius 1 is 1.00 bits per heavy atom. The predicted octanol–water partition coefficient (Wildman–Crippen LogP) is 3.43. The average molecular weight is 387 g/mol. The first-order chi connectivity index (χ1) is 12.8. The molecule has 0 fully saturated rings. The molecule has 1 aliphatic carbocycles. The predicted molar refractivity (Wildman–Crippen MR) is 107 cm³/mol. The van der Waals surface area contributed by atoms with Crippen LogP contribution in [0.4, 0.5) is 5.69 Å². The summed E-state index contributed by atoms with van der Waals surface area (Å²) in [4.78, 5) is 12.1. The van der Waals surface area contributed by atoms with Gasteiger partial charge in [-0.2, -0.15) is 0 Å². The summed E-state index contributed by atoms with van der Waals surface area (Å²) < 4.78 is 28.0. The number of rotatable bonds is 6. The molecule has 0 bridgehead atoms. The number of sulfonamides is 1. The second kappa shape index (κ2) is 8.13. The third kappa shape index (κ3) is 5.10. The van der Waals surface area contributed by atoms with Crippen molar-refractivity contribution in [1.29, 1.82) is 0 Å². The topological polar surface area (TPSA) is 75.3 Å². The number of anilines is 1. The number of benzene rings is 2. The molecular weight excluding hydrogens is 360 g/mol. The van der Waals surface area contributed by atoms with Crippen molar-refractivity contribution >= 4 is 21.6 Å². The van der Waals surface area contributed by atoms with Gasteiger partial charge in [0.2, 0.25) is 5.91 Å². The van der Waals surface area contributed by atoms with E-state index in [1.54, 1.807) is 36.4 Å². The van der Waals surface area contributed by atoms with Crippen molar-refractivity contribution in [3.8, 4) is 0 Å². The molecule has 2 aromatic carbocycles. The second-order valence-electron chi connectivity index (χ2n) is 7.34. The summed E-state index contributed by atoms with van der Waals surface area (Å²) >= 11 is 0. The number of carbonyl (C=O) groups excluding carboxylic acids is 1. The first kappa shape index (κ1) is 19.4. The first-order valence-corrected chi connectivity index (χ1v) is 10.8. The van der Waals surface area contributed by atoms with Gasteiger partial charge in [-0.1, -0.05) is 18.2 Å². The first-order valence-electron chi connectivity index (χ1n) is 9.36. The largest absolute Gasteiger partial charge is 0.354 e. The number of aryl methyl sites for hydroxylation is 2. The highest BCUT2D eigenvalue weighted by molar-refractivity contribution is 7.92. The molecule has 6 heteroatoms. The van der Waals surface area contributed by atoms with Gasteiger partial charge in [0, 0.05) is 11.7 Å². The van der Waals surface area contributed by atoms with E-state index in [9.17, 15) is 13.2 Å². The van der Waals surface area contributed by atoms with Crippen LogP contribution in [-0.4, -0.2) is 20.4 Å². The molecule has 0 unspecified atom stereocenters. The van der Waals surface area contributed by atoms with Crippen LogP contribution in [0.3, 0.4) is 0 Å². The molecule has 0 saturated carbocycles. The monoisotopic (exact) mass is 386 g/mol. The van der Waals surface area contributed by atoms with E-state index in [4.69, 9.17) is 0 Å². The van der Waals surface area contributed by atoms with Crippen LogP contribution in [0.1, 0.15) is 43.4 Å². The summed E-state index contributed by atoms with van der Waals surface area (Å²) in [5.41, 5.74) is 3.71. The molecule has 0 aliphatic heterocycles. The minimum atomic E-state index is -3.63. The number of fused-ring (bicyclic) bond motifs is 1. The van der Waals surface area contributed by atoms with E-state index >= 15 is 0 Å². The third-order valence-corrected chi connectivity index (χ3v) is 6.03. The number of hydrogen-bond acceptors (Lipinski definition) is 3. The summed E-state index contributed by atoms with van der Waals surface area (Å²) in [5, 5.41) is 2.84. The molecule has 2 aromatic rings. The lowest BCUT2D eigenvalue weighted by atomic mass is 9.92. The fourth-order valence-corrected chi connectivity index (χ4v) is 4.45. The van der Waals surface area contributed by atoms with Gasteiger partial charge in [0.1, 0.15) is 0 Å². The van der Waals surface area contributed by atoms with Crippen molar-refractivity contribution in [3.05, 3.63) is 59.2 Å². The van der Waals surface area contributed by atoms with Crippen LogP contribution in [0.5, 0.6) is 0 Å².